The van der Waals surface area contributed by atoms with Gasteiger partial charge in [0.1, 0.15) is 11.6 Å². The van der Waals surface area contributed by atoms with E-state index in [0.29, 0.717) is 0 Å². The summed E-state index contributed by atoms with van der Waals surface area (Å²) < 4.78 is 5.32. The summed E-state index contributed by atoms with van der Waals surface area (Å²) in [6, 6.07) is 7.94. The summed E-state index contributed by atoms with van der Waals surface area (Å²) in [7, 11) is 0. The maximum atomic E-state index is 5.32. The van der Waals surface area contributed by atoms with Crippen LogP contribution in [0, 0.1) is 6.92 Å². The minimum atomic E-state index is 0.133. The van der Waals surface area contributed by atoms with Crippen molar-refractivity contribution in [2.45, 2.75) is 19.9 Å². The molecule has 0 fully saturated rings. The lowest BCUT2D eigenvalue weighted by atomic mass is 10.2. The molecule has 2 heterocycles. The first kappa shape index (κ1) is 9.77. The molecule has 0 amide bonds. The van der Waals surface area contributed by atoms with Crippen LogP contribution in [-0.2, 0) is 0 Å². The largest absolute Gasteiger partial charge is 0.467 e. The Morgan fingerprint density at radius 3 is 2.87 bits per heavy atom. The van der Waals surface area contributed by atoms with E-state index in [2.05, 4.69) is 10.3 Å². The standard InChI is InChI=1S/C12H14N2O/c1-9-5-3-7-13-12(9)14-10(2)11-6-4-8-15-11/h3-8,10H,1-2H3,(H,13,14). The average Bonchev–Trinajstić information content (AvgIpc) is 2.74. The number of rotatable bonds is 3. The van der Waals surface area contributed by atoms with Gasteiger partial charge in [0.15, 0.2) is 0 Å². The third-order valence-electron chi connectivity index (χ3n) is 2.33. The number of hydrogen-bond donors (Lipinski definition) is 1. The molecule has 0 radical (unpaired) electrons. The van der Waals surface area contributed by atoms with Crippen LogP contribution in [0.15, 0.2) is 41.1 Å². The zero-order valence-corrected chi connectivity index (χ0v) is 8.90. The maximum Gasteiger partial charge on any atom is 0.129 e. The third-order valence-corrected chi connectivity index (χ3v) is 2.33. The molecule has 0 spiro atoms. The number of pyridine rings is 1. The molecule has 2 aromatic heterocycles. The van der Waals surface area contributed by atoms with Gasteiger partial charge in [-0.25, -0.2) is 4.98 Å². The van der Waals surface area contributed by atoms with Gasteiger partial charge in [0, 0.05) is 6.20 Å². The van der Waals surface area contributed by atoms with Gasteiger partial charge in [-0.05, 0) is 37.6 Å². The predicted octanol–water partition coefficient (Wildman–Crippen LogP) is 3.16. The van der Waals surface area contributed by atoms with Crippen LogP contribution in [0.25, 0.3) is 0 Å². The Hall–Kier alpha value is -1.77. The van der Waals surface area contributed by atoms with E-state index in [4.69, 9.17) is 4.42 Å². The molecule has 3 heteroatoms. The summed E-state index contributed by atoms with van der Waals surface area (Å²) in [5.74, 6) is 1.82. The van der Waals surface area contributed by atoms with E-state index in [1.54, 1.807) is 12.5 Å². The van der Waals surface area contributed by atoms with Crippen molar-refractivity contribution >= 4 is 5.82 Å². The summed E-state index contributed by atoms with van der Waals surface area (Å²) in [5.41, 5.74) is 1.14. The Labute approximate surface area is 89.1 Å². The van der Waals surface area contributed by atoms with Crippen molar-refractivity contribution in [1.82, 2.24) is 4.98 Å². The molecule has 0 saturated heterocycles. The van der Waals surface area contributed by atoms with Gasteiger partial charge >= 0.3 is 0 Å². The highest BCUT2D eigenvalue weighted by atomic mass is 16.3. The minimum absolute atomic E-state index is 0.133. The summed E-state index contributed by atoms with van der Waals surface area (Å²) in [4.78, 5) is 4.28. The first-order valence-corrected chi connectivity index (χ1v) is 4.99. The molecule has 1 atom stereocenters. The quantitative estimate of drug-likeness (QED) is 0.830. The number of nitrogens with zero attached hydrogens (tertiary/aromatic N) is 1. The molecule has 0 bridgehead atoms. The fourth-order valence-electron chi connectivity index (χ4n) is 1.45. The lowest BCUT2D eigenvalue weighted by Gasteiger charge is -2.13. The average molecular weight is 202 g/mol. The normalized spacial score (nSPS) is 12.4. The van der Waals surface area contributed by atoms with Gasteiger partial charge in [0.25, 0.3) is 0 Å². The summed E-state index contributed by atoms with van der Waals surface area (Å²) in [5, 5.41) is 3.31. The Balaban J connectivity index is 2.13. The molecule has 1 N–H and O–H groups in total. The van der Waals surface area contributed by atoms with Gasteiger partial charge in [-0.2, -0.15) is 0 Å². The van der Waals surface area contributed by atoms with E-state index in [1.165, 1.54) is 0 Å². The molecule has 0 aromatic carbocycles. The van der Waals surface area contributed by atoms with Crippen LogP contribution in [0.4, 0.5) is 5.82 Å². The Bertz CT molecular complexity index is 423. The van der Waals surface area contributed by atoms with Crippen LogP contribution in [0.1, 0.15) is 24.3 Å². The van der Waals surface area contributed by atoms with E-state index in [9.17, 15) is 0 Å². The molecule has 0 saturated carbocycles. The molecule has 0 aliphatic carbocycles. The number of aromatic nitrogens is 1. The molecule has 1 unspecified atom stereocenters. The number of anilines is 1. The Kier molecular flexibility index (Phi) is 2.72. The molecule has 0 aliphatic heterocycles. The van der Waals surface area contributed by atoms with Gasteiger partial charge in [-0.3, -0.25) is 0 Å². The Morgan fingerprint density at radius 1 is 1.33 bits per heavy atom. The smallest absolute Gasteiger partial charge is 0.129 e. The summed E-state index contributed by atoms with van der Waals surface area (Å²) >= 11 is 0. The second kappa shape index (κ2) is 4.17. The van der Waals surface area contributed by atoms with E-state index in [1.807, 2.05) is 38.1 Å². The zero-order valence-electron chi connectivity index (χ0n) is 8.90. The summed E-state index contributed by atoms with van der Waals surface area (Å²) in [6.07, 6.45) is 3.46. The molecule has 15 heavy (non-hydrogen) atoms. The second-order valence-electron chi connectivity index (χ2n) is 3.55. The lowest BCUT2D eigenvalue weighted by molar-refractivity contribution is 0.490. The van der Waals surface area contributed by atoms with Gasteiger partial charge in [0.2, 0.25) is 0 Å². The molecule has 0 aliphatic rings. The molecule has 2 rings (SSSR count). The molecular formula is C12H14N2O. The molecule has 3 nitrogen and oxygen atoms in total. The van der Waals surface area contributed by atoms with Crippen molar-refractivity contribution in [1.29, 1.82) is 0 Å². The van der Waals surface area contributed by atoms with Gasteiger partial charge in [-0.15, -0.1) is 0 Å². The third kappa shape index (κ3) is 2.18. The van der Waals surface area contributed by atoms with Crippen LogP contribution < -0.4 is 5.32 Å². The molecule has 2 aromatic rings. The van der Waals surface area contributed by atoms with Crippen molar-refractivity contribution in [3.63, 3.8) is 0 Å². The first-order chi connectivity index (χ1) is 7.27. The maximum absolute atomic E-state index is 5.32. The fraction of sp³-hybridized carbons (Fsp3) is 0.250. The number of hydrogen-bond acceptors (Lipinski definition) is 3. The van der Waals surface area contributed by atoms with Crippen LogP contribution in [0.3, 0.4) is 0 Å². The highest BCUT2D eigenvalue weighted by molar-refractivity contribution is 5.43. The van der Waals surface area contributed by atoms with Gasteiger partial charge < -0.3 is 9.73 Å². The summed E-state index contributed by atoms with van der Waals surface area (Å²) in [6.45, 7) is 4.08. The number of aryl methyl sites for hydroxylation is 1. The predicted molar refractivity (Wildman–Crippen MR) is 59.7 cm³/mol. The lowest BCUT2D eigenvalue weighted by Crippen LogP contribution is -2.07. The fourth-order valence-corrected chi connectivity index (χ4v) is 1.45. The monoisotopic (exact) mass is 202 g/mol. The van der Waals surface area contributed by atoms with Crippen molar-refractivity contribution < 1.29 is 4.42 Å². The van der Waals surface area contributed by atoms with Crippen LogP contribution in [-0.4, -0.2) is 4.98 Å². The first-order valence-electron chi connectivity index (χ1n) is 4.99. The van der Waals surface area contributed by atoms with Crippen LogP contribution >= 0.6 is 0 Å². The van der Waals surface area contributed by atoms with Crippen molar-refractivity contribution in [3.05, 3.63) is 48.0 Å². The minimum Gasteiger partial charge on any atom is -0.467 e. The zero-order chi connectivity index (χ0) is 10.7. The van der Waals surface area contributed by atoms with Crippen molar-refractivity contribution in [2.75, 3.05) is 5.32 Å². The van der Waals surface area contributed by atoms with E-state index in [0.717, 1.165) is 17.1 Å². The van der Waals surface area contributed by atoms with Crippen LogP contribution in [0.5, 0.6) is 0 Å². The number of nitrogens with one attached hydrogen (secondary N) is 1. The van der Waals surface area contributed by atoms with Gasteiger partial charge in [-0.1, -0.05) is 6.07 Å². The van der Waals surface area contributed by atoms with E-state index < -0.39 is 0 Å². The second-order valence-corrected chi connectivity index (χ2v) is 3.55. The Morgan fingerprint density at radius 2 is 2.20 bits per heavy atom. The highest BCUT2D eigenvalue weighted by Crippen LogP contribution is 2.19. The molecular weight excluding hydrogens is 188 g/mol. The van der Waals surface area contributed by atoms with E-state index >= 15 is 0 Å². The topological polar surface area (TPSA) is 38.1 Å². The molecule has 78 valence electrons. The number of furan rings is 1. The van der Waals surface area contributed by atoms with Crippen molar-refractivity contribution in [3.8, 4) is 0 Å². The van der Waals surface area contributed by atoms with Crippen molar-refractivity contribution in [2.24, 2.45) is 0 Å². The highest BCUT2D eigenvalue weighted by Gasteiger charge is 2.09. The van der Waals surface area contributed by atoms with Crippen LogP contribution in [0.2, 0.25) is 0 Å². The van der Waals surface area contributed by atoms with Gasteiger partial charge in [0.05, 0.1) is 12.3 Å². The SMILES string of the molecule is Cc1cccnc1NC(C)c1ccco1. The van der Waals surface area contributed by atoms with E-state index in [-0.39, 0.29) is 6.04 Å².